The summed E-state index contributed by atoms with van der Waals surface area (Å²) in [6.45, 7) is 7.11. The van der Waals surface area contributed by atoms with Gasteiger partial charge in [-0.1, -0.05) is 20.8 Å². The van der Waals surface area contributed by atoms with Crippen LogP contribution in [-0.2, 0) is 4.79 Å². The van der Waals surface area contributed by atoms with Crippen LogP contribution < -0.4 is 10.6 Å². The monoisotopic (exact) mass is 210 g/mol. The summed E-state index contributed by atoms with van der Waals surface area (Å²) in [5.74, 6) is 1.02. The summed E-state index contributed by atoms with van der Waals surface area (Å²) in [6, 6.07) is 0.0746. The van der Waals surface area contributed by atoms with Crippen LogP contribution in [0.2, 0.25) is 0 Å². The summed E-state index contributed by atoms with van der Waals surface area (Å²) >= 11 is 0. The minimum Gasteiger partial charge on any atom is -0.302 e. The molecule has 0 saturated carbocycles. The summed E-state index contributed by atoms with van der Waals surface area (Å²) in [7, 11) is 0. The van der Waals surface area contributed by atoms with Gasteiger partial charge in [-0.15, -0.1) is 0 Å². The fourth-order valence-corrected chi connectivity index (χ4v) is 2.70. The molecule has 0 radical (unpaired) electrons. The van der Waals surface area contributed by atoms with E-state index in [2.05, 4.69) is 10.6 Å². The van der Waals surface area contributed by atoms with E-state index in [-0.39, 0.29) is 11.5 Å². The first kappa shape index (κ1) is 11.1. The molecule has 3 heteroatoms. The minimum atomic E-state index is -0.217. The Morgan fingerprint density at radius 3 is 2.67 bits per heavy atom. The van der Waals surface area contributed by atoms with Crippen LogP contribution in [0.5, 0.6) is 0 Å². The number of nitrogens with one attached hydrogen (secondary N) is 2. The van der Waals surface area contributed by atoms with Crippen molar-refractivity contribution in [1.82, 2.24) is 10.6 Å². The second-order valence-corrected chi connectivity index (χ2v) is 5.90. The maximum absolute atomic E-state index is 12.1. The number of piperidine rings is 1. The van der Waals surface area contributed by atoms with E-state index >= 15 is 0 Å². The molecule has 86 valence electrons. The van der Waals surface area contributed by atoms with Crippen LogP contribution in [0.1, 0.15) is 40.0 Å². The molecule has 0 bridgehead atoms. The second kappa shape index (κ2) is 3.87. The molecule has 0 aromatic carbocycles. The van der Waals surface area contributed by atoms with Gasteiger partial charge in [0.05, 0.1) is 12.2 Å². The third kappa shape index (κ3) is 2.23. The van der Waals surface area contributed by atoms with Gasteiger partial charge in [-0.25, -0.2) is 0 Å². The molecular weight excluding hydrogens is 188 g/mol. The van der Waals surface area contributed by atoms with Crippen LogP contribution in [0.4, 0.5) is 0 Å². The molecule has 2 rings (SSSR count). The Morgan fingerprint density at radius 1 is 1.33 bits per heavy atom. The molecule has 2 fully saturated rings. The van der Waals surface area contributed by atoms with Crippen molar-refractivity contribution >= 4 is 5.78 Å². The first-order valence-corrected chi connectivity index (χ1v) is 6.02. The van der Waals surface area contributed by atoms with Crippen molar-refractivity contribution in [3.05, 3.63) is 0 Å². The van der Waals surface area contributed by atoms with Crippen molar-refractivity contribution < 1.29 is 4.79 Å². The van der Waals surface area contributed by atoms with Crippen molar-refractivity contribution in [3.8, 4) is 0 Å². The van der Waals surface area contributed by atoms with E-state index in [1.807, 2.05) is 20.8 Å². The van der Waals surface area contributed by atoms with Gasteiger partial charge in [0.25, 0.3) is 0 Å². The second-order valence-electron chi connectivity index (χ2n) is 5.90. The van der Waals surface area contributed by atoms with E-state index < -0.39 is 0 Å². The molecule has 0 spiro atoms. The van der Waals surface area contributed by atoms with E-state index in [0.717, 1.165) is 13.0 Å². The number of ketones is 1. The Balaban J connectivity index is 2.00. The van der Waals surface area contributed by atoms with E-state index in [4.69, 9.17) is 0 Å². The number of hydrogen-bond acceptors (Lipinski definition) is 3. The lowest BCUT2D eigenvalue weighted by Gasteiger charge is -2.26. The lowest BCUT2D eigenvalue weighted by molar-refractivity contribution is -0.128. The summed E-state index contributed by atoms with van der Waals surface area (Å²) in [5.41, 5.74) is -0.217. The third-order valence-electron chi connectivity index (χ3n) is 3.56. The topological polar surface area (TPSA) is 41.1 Å². The molecule has 2 N–H and O–H groups in total. The highest BCUT2D eigenvalue weighted by molar-refractivity contribution is 5.89. The molecule has 2 saturated heterocycles. The number of carbonyl (C=O) groups is 1. The number of fused-ring (bicyclic) bond motifs is 1. The van der Waals surface area contributed by atoms with Crippen LogP contribution in [0.25, 0.3) is 0 Å². The molecule has 2 aliphatic heterocycles. The van der Waals surface area contributed by atoms with E-state index in [9.17, 15) is 4.79 Å². The molecule has 2 aliphatic rings. The van der Waals surface area contributed by atoms with Crippen molar-refractivity contribution in [1.29, 1.82) is 0 Å². The average molecular weight is 210 g/mol. The number of carbonyl (C=O) groups excluding carboxylic acids is 1. The van der Waals surface area contributed by atoms with Gasteiger partial charge in [0.2, 0.25) is 0 Å². The summed E-state index contributed by atoms with van der Waals surface area (Å²) < 4.78 is 0. The Labute approximate surface area is 92.0 Å². The van der Waals surface area contributed by atoms with Gasteiger partial charge in [0, 0.05) is 5.41 Å². The van der Waals surface area contributed by atoms with Gasteiger partial charge in [-0.3, -0.25) is 10.1 Å². The highest BCUT2D eigenvalue weighted by atomic mass is 16.1. The quantitative estimate of drug-likeness (QED) is 0.685. The van der Waals surface area contributed by atoms with Gasteiger partial charge in [-0.05, 0) is 31.7 Å². The largest absolute Gasteiger partial charge is 0.302 e. The van der Waals surface area contributed by atoms with Crippen LogP contribution in [0, 0.1) is 11.3 Å². The maximum Gasteiger partial charge on any atom is 0.155 e. The van der Waals surface area contributed by atoms with Gasteiger partial charge >= 0.3 is 0 Å². The highest BCUT2D eigenvalue weighted by Gasteiger charge is 2.41. The summed E-state index contributed by atoms with van der Waals surface area (Å²) in [4.78, 5) is 12.1. The third-order valence-corrected chi connectivity index (χ3v) is 3.56. The molecule has 0 aliphatic carbocycles. The van der Waals surface area contributed by atoms with Crippen molar-refractivity contribution in [2.24, 2.45) is 11.3 Å². The van der Waals surface area contributed by atoms with E-state index in [1.165, 1.54) is 12.8 Å². The van der Waals surface area contributed by atoms with Crippen LogP contribution in [0.3, 0.4) is 0 Å². The Hall–Kier alpha value is -0.410. The molecule has 3 unspecified atom stereocenters. The molecule has 2 heterocycles. The Bertz CT molecular complexity index is 243. The zero-order valence-electron chi connectivity index (χ0n) is 9.97. The summed E-state index contributed by atoms with van der Waals surface area (Å²) in [5, 5.41) is 6.89. The fraction of sp³-hybridized carbons (Fsp3) is 0.917. The molecule has 0 aromatic heterocycles. The lowest BCUT2D eigenvalue weighted by atomic mass is 9.84. The molecule has 0 amide bonds. The van der Waals surface area contributed by atoms with E-state index in [0.29, 0.717) is 17.9 Å². The molecule has 15 heavy (non-hydrogen) atoms. The molecular formula is C12H22N2O. The Kier molecular flexibility index (Phi) is 2.86. The van der Waals surface area contributed by atoms with Gasteiger partial charge in [0.15, 0.2) is 5.78 Å². The van der Waals surface area contributed by atoms with Crippen molar-refractivity contribution in [2.75, 3.05) is 6.54 Å². The fourth-order valence-electron chi connectivity index (χ4n) is 2.70. The van der Waals surface area contributed by atoms with Gasteiger partial charge in [0.1, 0.15) is 0 Å². The van der Waals surface area contributed by atoms with Crippen molar-refractivity contribution in [3.63, 3.8) is 0 Å². The van der Waals surface area contributed by atoms with E-state index in [1.54, 1.807) is 0 Å². The van der Waals surface area contributed by atoms with Gasteiger partial charge < -0.3 is 5.32 Å². The van der Waals surface area contributed by atoms with Gasteiger partial charge in [-0.2, -0.15) is 0 Å². The molecule has 0 aromatic rings. The average Bonchev–Trinajstić information content (AvgIpc) is 2.58. The van der Waals surface area contributed by atoms with Crippen molar-refractivity contribution in [2.45, 2.75) is 52.2 Å². The minimum absolute atomic E-state index is 0.0746. The van der Waals surface area contributed by atoms with Crippen LogP contribution in [0.15, 0.2) is 0 Å². The zero-order chi connectivity index (χ0) is 11.1. The number of Topliss-reactive ketones (excluding diaryl/α,β-unsaturated/α-hetero) is 1. The first-order chi connectivity index (χ1) is 6.98. The molecule has 3 nitrogen and oxygen atoms in total. The lowest BCUT2D eigenvalue weighted by Crippen LogP contribution is -2.49. The first-order valence-electron chi connectivity index (χ1n) is 6.02. The van der Waals surface area contributed by atoms with Crippen LogP contribution >= 0.6 is 0 Å². The number of rotatable bonds is 1. The number of hydrogen-bond donors (Lipinski definition) is 2. The predicted molar refractivity (Wildman–Crippen MR) is 60.5 cm³/mol. The van der Waals surface area contributed by atoms with Crippen LogP contribution in [-0.4, -0.2) is 24.5 Å². The SMILES string of the molecule is CC(C)(C)C(=O)C1CC2CCCNC2N1. The predicted octanol–water partition coefficient (Wildman–Crippen LogP) is 1.29. The maximum atomic E-state index is 12.1. The standard InChI is InChI=1S/C12H22N2O/c1-12(2,3)10(15)9-7-8-5-4-6-13-11(8)14-9/h8-9,11,13-14H,4-7H2,1-3H3. The molecule has 3 atom stereocenters. The highest BCUT2D eigenvalue weighted by Crippen LogP contribution is 2.30. The Morgan fingerprint density at radius 2 is 2.07 bits per heavy atom. The zero-order valence-corrected chi connectivity index (χ0v) is 9.97. The smallest absolute Gasteiger partial charge is 0.155 e. The summed E-state index contributed by atoms with van der Waals surface area (Å²) in [6.07, 6.45) is 3.92. The normalized spacial score (nSPS) is 36.3.